The van der Waals surface area contributed by atoms with Crippen molar-refractivity contribution in [2.45, 2.75) is 38.8 Å². The normalized spacial score (nSPS) is 21.5. The van der Waals surface area contributed by atoms with Gasteiger partial charge in [0.05, 0.1) is 11.9 Å². The van der Waals surface area contributed by atoms with E-state index in [2.05, 4.69) is 33.5 Å². The molecule has 1 saturated carbocycles. The van der Waals surface area contributed by atoms with Crippen molar-refractivity contribution in [3.8, 4) is 11.3 Å². The zero-order valence-corrected chi connectivity index (χ0v) is 11.3. The third-order valence-corrected chi connectivity index (χ3v) is 3.80. The van der Waals surface area contributed by atoms with Crippen LogP contribution in [0.1, 0.15) is 31.7 Å². The van der Waals surface area contributed by atoms with E-state index < -0.39 is 0 Å². The lowest BCUT2D eigenvalue weighted by atomic mass is 10.1. The van der Waals surface area contributed by atoms with Crippen molar-refractivity contribution < 1.29 is 0 Å². The summed E-state index contributed by atoms with van der Waals surface area (Å²) in [6, 6.07) is 4.71. The van der Waals surface area contributed by atoms with Crippen LogP contribution in [0.2, 0.25) is 0 Å². The first-order valence-corrected chi connectivity index (χ1v) is 7.04. The molecule has 0 amide bonds. The third kappa shape index (κ3) is 2.84. The summed E-state index contributed by atoms with van der Waals surface area (Å²) in [4.78, 5) is 4.16. The molecule has 0 aliphatic heterocycles. The zero-order chi connectivity index (χ0) is 13.1. The van der Waals surface area contributed by atoms with Crippen LogP contribution in [-0.2, 0) is 6.54 Å². The number of aromatic nitrogens is 3. The van der Waals surface area contributed by atoms with Gasteiger partial charge in [-0.25, -0.2) is 0 Å². The molecule has 2 atom stereocenters. The lowest BCUT2D eigenvalue weighted by Gasteiger charge is -2.05. The van der Waals surface area contributed by atoms with E-state index in [1.165, 1.54) is 24.8 Å². The number of rotatable bonds is 6. The molecule has 0 spiro atoms. The Morgan fingerprint density at radius 1 is 1.42 bits per heavy atom. The zero-order valence-electron chi connectivity index (χ0n) is 11.3. The van der Waals surface area contributed by atoms with Crippen molar-refractivity contribution in [2.24, 2.45) is 5.92 Å². The molecule has 2 heterocycles. The summed E-state index contributed by atoms with van der Waals surface area (Å²) < 4.78 is 0. The first-order valence-electron chi connectivity index (χ1n) is 7.04. The van der Waals surface area contributed by atoms with Crippen LogP contribution in [0.5, 0.6) is 0 Å². The molecular formula is C15H20N4. The molecule has 0 bridgehead atoms. The summed E-state index contributed by atoms with van der Waals surface area (Å²) in [5, 5.41) is 10.9. The van der Waals surface area contributed by atoms with Crippen LogP contribution in [0.25, 0.3) is 11.3 Å². The number of H-pyrrole nitrogens is 1. The Bertz CT molecular complexity index is 520. The average molecular weight is 256 g/mol. The Morgan fingerprint density at radius 3 is 3.16 bits per heavy atom. The average Bonchev–Trinajstić information content (AvgIpc) is 3.02. The quantitative estimate of drug-likeness (QED) is 0.835. The molecule has 2 aromatic heterocycles. The van der Waals surface area contributed by atoms with Crippen LogP contribution >= 0.6 is 0 Å². The van der Waals surface area contributed by atoms with Gasteiger partial charge in [0, 0.05) is 36.1 Å². The molecule has 1 aliphatic carbocycles. The maximum absolute atomic E-state index is 4.16. The number of nitrogens with one attached hydrogen (secondary N) is 2. The molecule has 1 aliphatic rings. The Balaban J connectivity index is 1.62. The standard InChI is InChI=1S/C15H20N4/c1-2-4-11-7-14(11)17-9-13-10-18-19-15(13)12-5-3-6-16-8-12/h3,5-6,8,10-11,14,17H,2,4,7,9H2,1H3,(H,18,19). The summed E-state index contributed by atoms with van der Waals surface area (Å²) in [6.45, 7) is 3.14. The molecule has 19 heavy (non-hydrogen) atoms. The van der Waals surface area contributed by atoms with Gasteiger partial charge in [-0.05, 0) is 30.9 Å². The van der Waals surface area contributed by atoms with Crippen LogP contribution in [0, 0.1) is 5.92 Å². The minimum absolute atomic E-state index is 0.705. The van der Waals surface area contributed by atoms with Gasteiger partial charge >= 0.3 is 0 Å². The van der Waals surface area contributed by atoms with E-state index in [9.17, 15) is 0 Å². The van der Waals surface area contributed by atoms with Crippen LogP contribution in [0.4, 0.5) is 0 Å². The highest BCUT2D eigenvalue weighted by Crippen LogP contribution is 2.35. The molecule has 0 aromatic carbocycles. The summed E-state index contributed by atoms with van der Waals surface area (Å²) in [5.41, 5.74) is 3.39. The van der Waals surface area contributed by atoms with Gasteiger partial charge in [0.25, 0.3) is 0 Å². The summed E-state index contributed by atoms with van der Waals surface area (Å²) in [5.74, 6) is 0.888. The number of pyridine rings is 1. The first kappa shape index (κ1) is 12.4. The highest BCUT2D eigenvalue weighted by atomic mass is 15.1. The first-order chi connectivity index (χ1) is 9.38. The van der Waals surface area contributed by atoms with E-state index in [-0.39, 0.29) is 0 Å². The highest BCUT2D eigenvalue weighted by Gasteiger charge is 2.35. The van der Waals surface area contributed by atoms with E-state index in [1.54, 1.807) is 6.20 Å². The minimum Gasteiger partial charge on any atom is -0.309 e. The topological polar surface area (TPSA) is 53.6 Å². The molecule has 4 nitrogen and oxygen atoms in total. The number of aromatic amines is 1. The fourth-order valence-corrected chi connectivity index (χ4v) is 2.63. The van der Waals surface area contributed by atoms with Crippen LogP contribution in [0.3, 0.4) is 0 Å². The van der Waals surface area contributed by atoms with Gasteiger partial charge in [-0.15, -0.1) is 0 Å². The monoisotopic (exact) mass is 256 g/mol. The molecule has 3 rings (SSSR count). The van der Waals surface area contributed by atoms with E-state index in [0.717, 1.165) is 23.7 Å². The van der Waals surface area contributed by atoms with Gasteiger partial charge in [0.2, 0.25) is 0 Å². The van der Waals surface area contributed by atoms with Gasteiger partial charge in [-0.3, -0.25) is 10.1 Å². The van der Waals surface area contributed by atoms with E-state index >= 15 is 0 Å². The number of nitrogens with zero attached hydrogens (tertiary/aromatic N) is 2. The molecule has 100 valence electrons. The predicted octanol–water partition coefficient (Wildman–Crippen LogP) is 2.75. The van der Waals surface area contributed by atoms with E-state index in [1.807, 2.05) is 18.5 Å². The molecule has 0 radical (unpaired) electrons. The minimum atomic E-state index is 0.705. The molecular weight excluding hydrogens is 236 g/mol. The molecule has 4 heteroatoms. The summed E-state index contributed by atoms with van der Waals surface area (Å²) in [7, 11) is 0. The fourth-order valence-electron chi connectivity index (χ4n) is 2.63. The smallest absolute Gasteiger partial charge is 0.0710 e. The summed E-state index contributed by atoms with van der Waals surface area (Å²) in [6.07, 6.45) is 9.53. The lowest BCUT2D eigenvalue weighted by Crippen LogP contribution is -2.17. The van der Waals surface area contributed by atoms with E-state index in [4.69, 9.17) is 0 Å². The number of hydrogen-bond acceptors (Lipinski definition) is 3. The second-order valence-corrected chi connectivity index (χ2v) is 5.28. The molecule has 1 fully saturated rings. The summed E-state index contributed by atoms with van der Waals surface area (Å²) >= 11 is 0. The van der Waals surface area contributed by atoms with Gasteiger partial charge in [0.15, 0.2) is 0 Å². The molecule has 2 unspecified atom stereocenters. The molecule has 2 N–H and O–H groups in total. The second-order valence-electron chi connectivity index (χ2n) is 5.28. The second kappa shape index (κ2) is 5.53. The van der Waals surface area contributed by atoms with Gasteiger partial charge < -0.3 is 5.32 Å². The number of hydrogen-bond donors (Lipinski definition) is 2. The Labute approximate surface area is 113 Å². The van der Waals surface area contributed by atoms with Gasteiger partial charge in [-0.2, -0.15) is 5.10 Å². The van der Waals surface area contributed by atoms with Crippen molar-refractivity contribution in [3.63, 3.8) is 0 Å². The van der Waals surface area contributed by atoms with Crippen molar-refractivity contribution in [1.29, 1.82) is 0 Å². The van der Waals surface area contributed by atoms with E-state index in [0.29, 0.717) is 6.04 Å². The predicted molar refractivity (Wildman–Crippen MR) is 75.5 cm³/mol. The molecule has 2 aromatic rings. The van der Waals surface area contributed by atoms with Crippen molar-refractivity contribution in [2.75, 3.05) is 0 Å². The van der Waals surface area contributed by atoms with Crippen LogP contribution < -0.4 is 5.32 Å². The largest absolute Gasteiger partial charge is 0.309 e. The van der Waals surface area contributed by atoms with Crippen molar-refractivity contribution >= 4 is 0 Å². The van der Waals surface area contributed by atoms with Crippen LogP contribution in [-0.4, -0.2) is 21.2 Å². The lowest BCUT2D eigenvalue weighted by molar-refractivity contribution is 0.600. The fraction of sp³-hybridized carbons (Fsp3) is 0.467. The maximum atomic E-state index is 4.16. The Morgan fingerprint density at radius 2 is 2.37 bits per heavy atom. The van der Waals surface area contributed by atoms with Crippen molar-refractivity contribution in [1.82, 2.24) is 20.5 Å². The third-order valence-electron chi connectivity index (χ3n) is 3.80. The Hall–Kier alpha value is -1.68. The van der Waals surface area contributed by atoms with Gasteiger partial charge in [-0.1, -0.05) is 13.3 Å². The van der Waals surface area contributed by atoms with Crippen molar-refractivity contribution in [3.05, 3.63) is 36.3 Å². The Kier molecular flexibility index (Phi) is 3.60. The SMILES string of the molecule is CCCC1CC1NCc1cn[nH]c1-c1cccnc1. The molecule has 0 saturated heterocycles. The maximum Gasteiger partial charge on any atom is 0.0710 e. The highest BCUT2D eigenvalue weighted by molar-refractivity contribution is 5.61. The van der Waals surface area contributed by atoms with Gasteiger partial charge in [0.1, 0.15) is 0 Å². The van der Waals surface area contributed by atoms with Crippen LogP contribution in [0.15, 0.2) is 30.7 Å².